The minimum atomic E-state index is -0.717. The van der Waals surface area contributed by atoms with Crippen LogP contribution >= 0.6 is 0 Å². The first kappa shape index (κ1) is 13.4. The van der Waals surface area contributed by atoms with Gasteiger partial charge in [0.25, 0.3) is 5.56 Å². The third-order valence-corrected chi connectivity index (χ3v) is 3.08. The molecular weight excluding hydrogens is 242 g/mol. The molecule has 4 nitrogen and oxygen atoms in total. The molecule has 0 bridgehead atoms. The Kier molecular flexibility index (Phi) is 4.02. The van der Waals surface area contributed by atoms with E-state index >= 15 is 0 Å². The van der Waals surface area contributed by atoms with Crippen molar-refractivity contribution in [2.24, 2.45) is 0 Å². The number of aromatic nitrogens is 1. The van der Waals surface area contributed by atoms with Gasteiger partial charge in [-0.15, -0.1) is 0 Å². The molecule has 0 spiro atoms. The van der Waals surface area contributed by atoms with E-state index in [0.717, 1.165) is 11.3 Å². The molecule has 0 saturated carbocycles. The van der Waals surface area contributed by atoms with Crippen molar-refractivity contribution in [3.8, 4) is 5.75 Å². The molecule has 1 aromatic heterocycles. The molecule has 0 aliphatic carbocycles. The van der Waals surface area contributed by atoms with Crippen LogP contribution in [0.2, 0.25) is 0 Å². The summed E-state index contributed by atoms with van der Waals surface area (Å²) in [7, 11) is 1.59. The van der Waals surface area contributed by atoms with Crippen molar-refractivity contribution in [1.29, 1.82) is 0 Å². The molecule has 0 fully saturated rings. The summed E-state index contributed by atoms with van der Waals surface area (Å²) in [5.41, 5.74) is 1.36. The number of hydrogen-bond donors (Lipinski definition) is 1. The maximum atomic E-state index is 11.9. The monoisotopic (exact) mass is 259 g/mol. The van der Waals surface area contributed by atoms with E-state index in [1.54, 1.807) is 56.6 Å². The molecule has 0 amide bonds. The summed E-state index contributed by atoms with van der Waals surface area (Å²) in [6.45, 7) is 2.01. The van der Waals surface area contributed by atoms with Crippen molar-refractivity contribution in [3.63, 3.8) is 0 Å². The predicted molar refractivity (Wildman–Crippen MR) is 73.4 cm³/mol. The summed E-state index contributed by atoms with van der Waals surface area (Å²) < 4.78 is 6.58. The predicted octanol–water partition coefficient (Wildman–Crippen LogP) is 1.90. The van der Waals surface area contributed by atoms with Crippen LogP contribution in [0.25, 0.3) is 0 Å². The van der Waals surface area contributed by atoms with Crippen LogP contribution in [0, 0.1) is 6.92 Å². The van der Waals surface area contributed by atoms with Crippen LogP contribution in [0.5, 0.6) is 5.75 Å². The second-order valence-electron chi connectivity index (χ2n) is 4.44. The molecular formula is C15H17NO3. The lowest BCUT2D eigenvalue weighted by molar-refractivity contribution is 0.155. The average Bonchev–Trinajstić information content (AvgIpc) is 2.44. The Morgan fingerprint density at radius 1 is 1.26 bits per heavy atom. The number of hydrogen-bond acceptors (Lipinski definition) is 3. The fourth-order valence-corrected chi connectivity index (χ4v) is 1.92. The van der Waals surface area contributed by atoms with Crippen molar-refractivity contribution in [3.05, 3.63) is 64.1 Å². The van der Waals surface area contributed by atoms with Crippen LogP contribution in [0.3, 0.4) is 0 Å². The normalized spacial score (nSPS) is 12.2. The highest BCUT2D eigenvalue weighted by atomic mass is 16.5. The van der Waals surface area contributed by atoms with Crippen LogP contribution in [-0.4, -0.2) is 16.8 Å². The standard InChI is InChI=1S/C15H17NO3/c1-11-4-3-9-16(15(11)18)10-14(17)12-5-7-13(19-2)8-6-12/h3-9,14,17H,10H2,1-2H3. The molecule has 100 valence electrons. The van der Waals surface area contributed by atoms with E-state index in [4.69, 9.17) is 4.74 Å². The Bertz CT molecular complexity index is 602. The van der Waals surface area contributed by atoms with Gasteiger partial charge in [0, 0.05) is 11.8 Å². The summed E-state index contributed by atoms with van der Waals surface area (Å²) in [5.74, 6) is 0.740. The lowest BCUT2D eigenvalue weighted by Gasteiger charge is -2.13. The summed E-state index contributed by atoms with van der Waals surface area (Å²) in [6.07, 6.45) is 0.965. The van der Waals surface area contributed by atoms with Gasteiger partial charge in [0.05, 0.1) is 19.8 Å². The van der Waals surface area contributed by atoms with Crippen molar-refractivity contribution in [1.82, 2.24) is 4.57 Å². The molecule has 1 aromatic carbocycles. The molecule has 1 unspecified atom stereocenters. The number of aryl methyl sites for hydroxylation is 1. The highest BCUT2D eigenvalue weighted by Crippen LogP contribution is 2.18. The van der Waals surface area contributed by atoms with Crippen molar-refractivity contribution in [2.75, 3.05) is 7.11 Å². The first-order chi connectivity index (χ1) is 9.11. The Morgan fingerprint density at radius 2 is 1.95 bits per heavy atom. The molecule has 19 heavy (non-hydrogen) atoms. The highest BCUT2D eigenvalue weighted by Gasteiger charge is 2.09. The van der Waals surface area contributed by atoms with E-state index in [1.807, 2.05) is 0 Å². The molecule has 0 aliphatic rings. The zero-order valence-corrected chi connectivity index (χ0v) is 11.0. The van der Waals surface area contributed by atoms with Crippen LogP contribution in [0.15, 0.2) is 47.4 Å². The van der Waals surface area contributed by atoms with E-state index in [-0.39, 0.29) is 12.1 Å². The summed E-state index contributed by atoms with van der Waals surface area (Å²) >= 11 is 0. The van der Waals surface area contributed by atoms with Gasteiger partial charge in [0.1, 0.15) is 5.75 Å². The lowest BCUT2D eigenvalue weighted by Crippen LogP contribution is -2.24. The second-order valence-corrected chi connectivity index (χ2v) is 4.44. The van der Waals surface area contributed by atoms with Gasteiger partial charge in [0.2, 0.25) is 0 Å². The Hall–Kier alpha value is -2.07. The maximum Gasteiger partial charge on any atom is 0.253 e. The van der Waals surface area contributed by atoms with Crippen LogP contribution in [-0.2, 0) is 6.54 Å². The first-order valence-electron chi connectivity index (χ1n) is 6.10. The molecule has 1 N–H and O–H groups in total. The van der Waals surface area contributed by atoms with Gasteiger partial charge in [-0.05, 0) is 30.7 Å². The third kappa shape index (κ3) is 3.03. The van der Waals surface area contributed by atoms with Crippen molar-refractivity contribution in [2.45, 2.75) is 19.6 Å². The van der Waals surface area contributed by atoms with E-state index in [9.17, 15) is 9.90 Å². The van der Waals surface area contributed by atoms with E-state index < -0.39 is 6.10 Å². The maximum absolute atomic E-state index is 11.9. The number of benzene rings is 1. The summed E-state index contributed by atoms with van der Waals surface area (Å²) in [4.78, 5) is 11.9. The van der Waals surface area contributed by atoms with E-state index in [1.165, 1.54) is 4.57 Å². The fourth-order valence-electron chi connectivity index (χ4n) is 1.92. The number of pyridine rings is 1. The van der Waals surface area contributed by atoms with Crippen molar-refractivity contribution >= 4 is 0 Å². The van der Waals surface area contributed by atoms with Gasteiger partial charge in [0.15, 0.2) is 0 Å². The smallest absolute Gasteiger partial charge is 0.253 e. The van der Waals surface area contributed by atoms with Gasteiger partial charge in [-0.1, -0.05) is 18.2 Å². The molecule has 1 heterocycles. The van der Waals surface area contributed by atoms with Gasteiger partial charge in [-0.25, -0.2) is 0 Å². The van der Waals surface area contributed by atoms with Crippen LogP contribution in [0.4, 0.5) is 0 Å². The Labute approximate surface area is 111 Å². The average molecular weight is 259 g/mol. The molecule has 2 rings (SSSR count). The topological polar surface area (TPSA) is 51.5 Å². The van der Waals surface area contributed by atoms with E-state index in [2.05, 4.69) is 0 Å². The van der Waals surface area contributed by atoms with Crippen LogP contribution in [0.1, 0.15) is 17.2 Å². The fraction of sp³-hybridized carbons (Fsp3) is 0.267. The van der Waals surface area contributed by atoms with Gasteiger partial charge >= 0.3 is 0 Å². The molecule has 0 radical (unpaired) electrons. The molecule has 0 aliphatic heterocycles. The number of ether oxygens (including phenoxy) is 1. The number of rotatable bonds is 4. The van der Waals surface area contributed by atoms with Crippen LogP contribution < -0.4 is 10.3 Å². The van der Waals surface area contributed by atoms with Gasteiger partial charge in [-0.2, -0.15) is 0 Å². The molecule has 2 aromatic rings. The highest BCUT2D eigenvalue weighted by molar-refractivity contribution is 5.28. The zero-order chi connectivity index (χ0) is 13.8. The van der Waals surface area contributed by atoms with Gasteiger partial charge < -0.3 is 14.4 Å². The number of aliphatic hydroxyl groups is 1. The summed E-state index contributed by atoms with van der Waals surface area (Å²) in [6, 6.07) is 10.7. The zero-order valence-electron chi connectivity index (χ0n) is 11.0. The number of methoxy groups -OCH3 is 1. The number of aliphatic hydroxyl groups excluding tert-OH is 1. The SMILES string of the molecule is COc1ccc(C(O)Cn2cccc(C)c2=O)cc1. The Balaban J connectivity index is 2.18. The van der Waals surface area contributed by atoms with E-state index in [0.29, 0.717) is 5.56 Å². The minimum absolute atomic E-state index is 0.0740. The Morgan fingerprint density at radius 3 is 2.58 bits per heavy atom. The first-order valence-corrected chi connectivity index (χ1v) is 6.10. The molecule has 1 atom stereocenters. The second kappa shape index (κ2) is 5.71. The summed E-state index contributed by atoms with van der Waals surface area (Å²) in [5, 5.41) is 10.2. The third-order valence-electron chi connectivity index (χ3n) is 3.08. The van der Waals surface area contributed by atoms with Crippen molar-refractivity contribution < 1.29 is 9.84 Å². The quantitative estimate of drug-likeness (QED) is 0.912. The molecule has 4 heteroatoms. The lowest BCUT2D eigenvalue weighted by atomic mass is 10.1. The minimum Gasteiger partial charge on any atom is -0.497 e. The largest absolute Gasteiger partial charge is 0.497 e. The molecule has 0 saturated heterocycles. The number of nitrogens with zero attached hydrogens (tertiary/aromatic N) is 1. The van der Waals surface area contributed by atoms with Gasteiger partial charge in [-0.3, -0.25) is 4.79 Å².